The maximum atomic E-state index is 6.21. The number of rotatable bonds is 3. The van der Waals surface area contributed by atoms with E-state index in [0.717, 1.165) is 29.1 Å². The van der Waals surface area contributed by atoms with Crippen LogP contribution >= 0.6 is 27.5 Å². The summed E-state index contributed by atoms with van der Waals surface area (Å²) in [5, 5.41) is 4.22. The van der Waals surface area contributed by atoms with Gasteiger partial charge in [0.25, 0.3) is 0 Å². The summed E-state index contributed by atoms with van der Waals surface area (Å²) in [6.07, 6.45) is 1.23. The van der Waals surface area contributed by atoms with E-state index in [1.165, 1.54) is 12.0 Å². The molecule has 0 aromatic heterocycles. The van der Waals surface area contributed by atoms with Crippen molar-refractivity contribution in [2.24, 2.45) is 0 Å². The van der Waals surface area contributed by atoms with Crippen molar-refractivity contribution in [2.45, 2.75) is 19.0 Å². The van der Waals surface area contributed by atoms with Gasteiger partial charge >= 0.3 is 0 Å². The van der Waals surface area contributed by atoms with Crippen LogP contribution in [0.25, 0.3) is 0 Å². The zero-order valence-electron chi connectivity index (χ0n) is 9.34. The minimum Gasteiger partial charge on any atom is -0.315 e. The number of likely N-dealkylation sites (N-methyl/N-ethyl adjacent to an activating group) is 1. The third kappa shape index (κ3) is 2.98. The molecule has 88 valence electrons. The number of nitrogens with zero attached hydrogens (tertiary/aromatic N) is 1. The molecule has 2 nitrogen and oxygen atoms in total. The maximum absolute atomic E-state index is 6.21. The second-order valence-corrected chi connectivity index (χ2v) is 5.62. The molecule has 2 rings (SSSR count). The van der Waals surface area contributed by atoms with Gasteiger partial charge in [-0.25, -0.2) is 0 Å². The van der Waals surface area contributed by atoms with Gasteiger partial charge in [-0.3, -0.25) is 4.90 Å². The first-order chi connectivity index (χ1) is 7.66. The maximum Gasteiger partial charge on any atom is 0.0462 e. The standard InChI is InChI=1S/C12H16BrClN2/c1-16(11-4-5-15-7-11)8-9-2-3-10(13)6-12(9)14/h2-3,6,11,15H,4-5,7-8H2,1H3. The third-order valence-corrected chi connectivity index (χ3v) is 3.94. The van der Waals surface area contributed by atoms with E-state index in [4.69, 9.17) is 11.6 Å². The summed E-state index contributed by atoms with van der Waals surface area (Å²) >= 11 is 9.63. The SMILES string of the molecule is CN(Cc1ccc(Br)cc1Cl)C1CCNC1. The van der Waals surface area contributed by atoms with Crippen LogP contribution in [0.4, 0.5) is 0 Å². The Morgan fingerprint density at radius 3 is 3.00 bits per heavy atom. The second-order valence-electron chi connectivity index (χ2n) is 4.30. The van der Waals surface area contributed by atoms with Crippen LogP contribution in [0.5, 0.6) is 0 Å². The molecule has 1 aromatic rings. The van der Waals surface area contributed by atoms with Crippen LogP contribution in [0, 0.1) is 0 Å². The largest absolute Gasteiger partial charge is 0.315 e. The first kappa shape index (κ1) is 12.4. The van der Waals surface area contributed by atoms with Gasteiger partial charge in [0.2, 0.25) is 0 Å². The molecule has 1 N–H and O–H groups in total. The molecule has 1 saturated heterocycles. The van der Waals surface area contributed by atoms with Crippen LogP contribution in [-0.4, -0.2) is 31.1 Å². The van der Waals surface area contributed by atoms with Gasteiger partial charge in [-0.15, -0.1) is 0 Å². The van der Waals surface area contributed by atoms with Gasteiger partial charge < -0.3 is 5.32 Å². The molecule has 1 aromatic carbocycles. The van der Waals surface area contributed by atoms with Crippen LogP contribution in [-0.2, 0) is 6.54 Å². The van der Waals surface area contributed by atoms with Crippen molar-refractivity contribution < 1.29 is 0 Å². The lowest BCUT2D eigenvalue weighted by molar-refractivity contribution is 0.249. The fourth-order valence-electron chi connectivity index (χ4n) is 2.06. The summed E-state index contributed by atoms with van der Waals surface area (Å²) in [4.78, 5) is 2.37. The molecule has 1 heterocycles. The molecule has 4 heteroatoms. The van der Waals surface area contributed by atoms with Gasteiger partial charge in [-0.05, 0) is 37.7 Å². The molecule has 1 atom stereocenters. The van der Waals surface area contributed by atoms with Gasteiger partial charge in [-0.2, -0.15) is 0 Å². The summed E-state index contributed by atoms with van der Waals surface area (Å²) in [5.74, 6) is 0. The van der Waals surface area contributed by atoms with Gasteiger partial charge in [-0.1, -0.05) is 33.6 Å². The molecule has 1 aliphatic heterocycles. The third-order valence-electron chi connectivity index (χ3n) is 3.09. The Kier molecular flexibility index (Phi) is 4.25. The zero-order chi connectivity index (χ0) is 11.5. The molecule has 1 aliphatic rings. The minimum atomic E-state index is 0.639. The number of halogens is 2. The predicted octanol–water partition coefficient (Wildman–Crippen LogP) is 2.90. The molecule has 1 unspecified atom stereocenters. The van der Waals surface area contributed by atoms with E-state index in [9.17, 15) is 0 Å². The number of hydrogen-bond donors (Lipinski definition) is 1. The Balaban J connectivity index is 2.02. The van der Waals surface area contributed by atoms with Crippen molar-refractivity contribution in [3.05, 3.63) is 33.3 Å². The molecular formula is C12H16BrClN2. The van der Waals surface area contributed by atoms with Crippen molar-refractivity contribution >= 4 is 27.5 Å². The van der Waals surface area contributed by atoms with Gasteiger partial charge in [0.1, 0.15) is 0 Å². The molecule has 0 amide bonds. The summed E-state index contributed by atoms with van der Waals surface area (Å²) in [5.41, 5.74) is 1.19. The summed E-state index contributed by atoms with van der Waals surface area (Å²) < 4.78 is 1.03. The lowest BCUT2D eigenvalue weighted by Gasteiger charge is -2.23. The summed E-state index contributed by atoms with van der Waals surface area (Å²) in [6.45, 7) is 3.13. The van der Waals surface area contributed by atoms with Gasteiger partial charge in [0.15, 0.2) is 0 Å². The molecule has 0 radical (unpaired) electrons. The van der Waals surface area contributed by atoms with Crippen molar-refractivity contribution in [1.82, 2.24) is 10.2 Å². The molecule has 0 saturated carbocycles. The Hall–Kier alpha value is -0.0900. The molecule has 1 fully saturated rings. The van der Waals surface area contributed by atoms with E-state index in [1.54, 1.807) is 0 Å². The topological polar surface area (TPSA) is 15.3 Å². The Labute approximate surface area is 110 Å². The van der Waals surface area contributed by atoms with E-state index in [-0.39, 0.29) is 0 Å². The molecule has 0 spiro atoms. The smallest absolute Gasteiger partial charge is 0.0462 e. The highest BCUT2D eigenvalue weighted by molar-refractivity contribution is 9.10. The van der Waals surface area contributed by atoms with E-state index in [0.29, 0.717) is 6.04 Å². The normalized spacial score (nSPS) is 20.6. The van der Waals surface area contributed by atoms with Gasteiger partial charge in [0.05, 0.1) is 0 Å². The van der Waals surface area contributed by atoms with Crippen molar-refractivity contribution in [1.29, 1.82) is 0 Å². The fraction of sp³-hybridized carbons (Fsp3) is 0.500. The summed E-state index contributed by atoms with van der Waals surface area (Å²) in [7, 11) is 2.16. The number of nitrogens with one attached hydrogen (secondary N) is 1. The predicted molar refractivity (Wildman–Crippen MR) is 71.9 cm³/mol. The first-order valence-corrected chi connectivity index (χ1v) is 6.69. The zero-order valence-corrected chi connectivity index (χ0v) is 11.7. The van der Waals surface area contributed by atoms with E-state index in [1.807, 2.05) is 12.1 Å². The lowest BCUT2D eigenvalue weighted by Crippen LogP contribution is -2.32. The average Bonchev–Trinajstić information content (AvgIpc) is 2.75. The van der Waals surface area contributed by atoms with E-state index in [2.05, 4.69) is 39.3 Å². The van der Waals surface area contributed by atoms with E-state index >= 15 is 0 Å². The minimum absolute atomic E-state index is 0.639. The Morgan fingerprint density at radius 2 is 2.38 bits per heavy atom. The highest BCUT2D eigenvalue weighted by atomic mass is 79.9. The number of benzene rings is 1. The highest BCUT2D eigenvalue weighted by Gasteiger charge is 2.19. The quantitative estimate of drug-likeness (QED) is 0.924. The van der Waals surface area contributed by atoms with Crippen molar-refractivity contribution in [3.8, 4) is 0 Å². The van der Waals surface area contributed by atoms with Crippen molar-refractivity contribution in [2.75, 3.05) is 20.1 Å². The van der Waals surface area contributed by atoms with Crippen LogP contribution in [0.3, 0.4) is 0 Å². The highest BCUT2D eigenvalue weighted by Crippen LogP contribution is 2.23. The first-order valence-electron chi connectivity index (χ1n) is 5.51. The van der Waals surface area contributed by atoms with Crippen LogP contribution in [0.15, 0.2) is 22.7 Å². The second kappa shape index (κ2) is 5.50. The lowest BCUT2D eigenvalue weighted by atomic mass is 10.1. The molecule has 0 bridgehead atoms. The van der Waals surface area contributed by atoms with Crippen LogP contribution in [0.1, 0.15) is 12.0 Å². The Bertz CT molecular complexity index is 364. The number of hydrogen-bond acceptors (Lipinski definition) is 2. The fourth-order valence-corrected chi connectivity index (χ4v) is 2.80. The Morgan fingerprint density at radius 1 is 1.56 bits per heavy atom. The monoisotopic (exact) mass is 302 g/mol. The van der Waals surface area contributed by atoms with Gasteiger partial charge in [0, 0.05) is 28.6 Å². The molecule has 16 heavy (non-hydrogen) atoms. The van der Waals surface area contributed by atoms with Crippen molar-refractivity contribution in [3.63, 3.8) is 0 Å². The van der Waals surface area contributed by atoms with Crippen LogP contribution in [0.2, 0.25) is 5.02 Å². The summed E-state index contributed by atoms with van der Waals surface area (Å²) in [6, 6.07) is 6.73. The molecule has 0 aliphatic carbocycles. The van der Waals surface area contributed by atoms with Crippen LogP contribution < -0.4 is 5.32 Å². The molecular weight excluding hydrogens is 288 g/mol. The van der Waals surface area contributed by atoms with E-state index < -0.39 is 0 Å². The average molecular weight is 304 g/mol.